The molecule has 5 rings (SSSR count). The van der Waals surface area contributed by atoms with Gasteiger partial charge in [0.15, 0.2) is 5.78 Å². The second-order valence-electron chi connectivity index (χ2n) is 8.23. The molecule has 1 aromatic heterocycles. The molecule has 0 bridgehead atoms. The van der Waals surface area contributed by atoms with Gasteiger partial charge in [-0.2, -0.15) is 0 Å². The molecule has 1 heterocycles. The summed E-state index contributed by atoms with van der Waals surface area (Å²) >= 11 is 0. The maximum absolute atomic E-state index is 12.8. The van der Waals surface area contributed by atoms with E-state index in [0.29, 0.717) is 24.4 Å². The molecule has 3 N–H and O–H groups in total. The Balaban J connectivity index is 1.29. The van der Waals surface area contributed by atoms with Crippen LogP contribution >= 0.6 is 0 Å². The van der Waals surface area contributed by atoms with Crippen LogP contribution in [0.4, 0.5) is 11.6 Å². The second-order valence-corrected chi connectivity index (χ2v) is 8.23. The van der Waals surface area contributed by atoms with E-state index in [1.54, 1.807) is 12.1 Å². The van der Waals surface area contributed by atoms with Crippen molar-refractivity contribution in [2.75, 3.05) is 5.32 Å². The third-order valence-electron chi connectivity index (χ3n) is 6.21. The Kier molecular flexibility index (Phi) is 5.19. The fraction of sp³-hybridized carbons (Fsp3) is 0.192. The number of imidazole rings is 1. The first-order valence-corrected chi connectivity index (χ1v) is 10.8. The maximum Gasteiger partial charge on any atom is 0.307 e. The van der Waals surface area contributed by atoms with Gasteiger partial charge in [-0.25, -0.2) is 4.98 Å². The van der Waals surface area contributed by atoms with E-state index in [1.165, 1.54) is 0 Å². The van der Waals surface area contributed by atoms with E-state index < -0.39 is 17.8 Å². The molecular weight excluding hydrogens is 402 g/mol. The number of rotatable bonds is 6. The number of carboxylic acids is 1. The van der Waals surface area contributed by atoms with Crippen LogP contribution in [0, 0.1) is 11.8 Å². The Bertz CT molecular complexity index is 1240. The first-order valence-electron chi connectivity index (χ1n) is 10.8. The van der Waals surface area contributed by atoms with Gasteiger partial charge >= 0.3 is 5.97 Å². The number of carbonyl (C=O) groups excluding carboxylic acids is 1. The lowest BCUT2D eigenvalue weighted by Crippen LogP contribution is -2.25. The van der Waals surface area contributed by atoms with Crippen LogP contribution in [-0.2, 0) is 4.79 Å². The van der Waals surface area contributed by atoms with E-state index in [4.69, 9.17) is 0 Å². The fourth-order valence-corrected chi connectivity index (χ4v) is 4.51. The SMILES string of the molecule is O=C(O)[C@@H]1CCC[C@H]1C(=O)c1ccc(-c2ccc(Nc3nc4ccccc4[nH]3)cc2)cc1. The van der Waals surface area contributed by atoms with E-state index in [1.807, 2.05) is 60.7 Å². The van der Waals surface area contributed by atoms with Crippen molar-refractivity contribution < 1.29 is 14.7 Å². The molecule has 1 aliphatic carbocycles. The number of carbonyl (C=O) groups is 2. The predicted molar refractivity (Wildman–Crippen MR) is 124 cm³/mol. The minimum Gasteiger partial charge on any atom is -0.481 e. The summed E-state index contributed by atoms with van der Waals surface area (Å²) < 4.78 is 0. The first-order chi connectivity index (χ1) is 15.6. The van der Waals surface area contributed by atoms with Gasteiger partial charge in [0.2, 0.25) is 5.95 Å². The lowest BCUT2D eigenvalue weighted by atomic mass is 9.88. The molecule has 2 atom stereocenters. The topological polar surface area (TPSA) is 95.1 Å². The normalized spacial score (nSPS) is 18.0. The summed E-state index contributed by atoms with van der Waals surface area (Å²) in [7, 11) is 0. The van der Waals surface area contributed by atoms with E-state index in [0.717, 1.165) is 34.3 Å². The van der Waals surface area contributed by atoms with Crippen LogP contribution in [0.2, 0.25) is 0 Å². The van der Waals surface area contributed by atoms with Crippen LogP contribution in [0.5, 0.6) is 0 Å². The molecule has 0 aliphatic heterocycles. The number of nitrogens with one attached hydrogen (secondary N) is 2. The highest BCUT2D eigenvalue weighted by atomic mass is 16.4. The highest BCUT2D eigenvalue weighted by Crippen LogP contribution is 2.35. The minimum atomic E-state index is -0.867. The molecule has 4 aromatic rings. The van der Waals surface area contributed by atoms with Crippen molar-refractivity contribution in [3.63, 3.8) is 0 Å². The molecule has 1 fully saturated rings. The molecule has 0 radical (unpaired) electrons. The van der Waals surface area contributed by atoms with Gasteiger partial charge in [0.1, 0.15) is 0 Å². The Hall–Kier alpha value is -3.93. The summed E-state index contributed by atoms with van der Waals surface area (Å²) in [5, 5.41) is 12.6. The Labute approximate surface area is 185 Å². The van der Waals surface area contributed by atoms with Crippen LogP contribution in [0.1, 0.15) is 29.6 Å². The zero-order chi connectivity index (χ0) is 22.1. The van der Waals surface area contributed by atoms with E-state index in [9.17, 15) is 14.7 Å². The highest BCUT2D eigenvalue weighted by Gasteiger charge is 2.37. The average Bonchev–Trinajstić information content (AvgIpc) is 3.46. The van der Waals surface area contributed by atoms with Crippen molar-refractivity contribution in [2.45, 2.75) is 19.3 Å². The zero-order valence-electron chi connectivity index (χ0n) is 17.4. The number of carboxylic acid groups (broad SMARTS) is 1. The number of anilines is 2. The standard InChI is InChI=1S/C26H23N3O3/c30-24(20-4-3-5-21(20)25(31)32)18-10-8-16(9-11-18)17-12-14-19(15-13-17)27-26-28-22-6-1-2-7-23(22)29-26/h1-2,6-15,20-21H,3-5H2,(H,31,32)(H2,27,28,29)/t20-,21-/m1/s1. The number of nitrogens with zero attached hydrogens (tertiary/aromatic N) is 1. The molecule has 0 spiro atoms. The smallest absolute Gasteiger partial charge is 0.307 e. The van der Waals surface area contributed by atoms with Crippen molar-refractivity contribution in [2.24, 2.45) is 11.8 Å². The number of para-hydroxylation sites is 2. The molecule has 6 heteroatoms. The van der Waals surface area contributed by atoms with Gasteiger partial charge in [0.05, 0.1) is 17.0 Å². The average molecular weight is 425 g/mol. The van der Waals surface area contributed by atoms with Crippen LogP contribution in [0.3, 0.4) is 0 Å². The number of hydrogen-bond donors (Lipinski definition) is 3. The summed E-state index contributed by atoms with van der Waals surface area (Å²) in [5.74, 6) is -1.22. The minimum absolute atomic E-state index is 0.0631. The Morgan fingerprint density at radius 2 is 1.53 bits per heavy atom. The summed E-state index contributed by atoms with van der Waals surface area (Å²) in [4.78, 5) is 32.0. The summed E-state index contributed by atoms with van der Waals surface area (Å²) in [6, 6.07) is 23.3. The lowest BCUT2D eigenvalue weighted by molar-refractivity contribution is -0.142. The predicted octanol–water partition coefficient (Wildman–Crippen LogP) is 5.66. The molecule has 1 saturated carbocycles. The number of H-pyrrole nitrogens is 1. The largest absolute Gasteiger partial charge is 0.481 e. The number of aromatic amines is 1. The molecular formula is C26H23N3O3. The van der Waals surface area contributed by atoms with Gasteiger partial charge in [-0.15, -0.1) is 0 Å². The Morgan fingerprint density at radius 1 is 0.875 bits per heavy atom. The maximum atomic E-state index is 12.8. The molecule has 1 aliphatic rings. The number of fused-ring (bicyclic) bond motifs is 1. The third kappa shape index (κ3) is 3.87. The molecule has 0 amide bonds. The molecule has 3 aromatic carbocycles. The van der Waals surface area contributed by atoms with Crippen LogP contribution < -0.4 is 5.32 Å². The molecule has 160 valence electrons. The second kappa shape index (κ2) is 8.30. The number of aromatic nitrogens is 2. The van der Waals surface area contributed by atoms with Crippen molar-refractivity contribution in [3.05, 3.63) is 78.4 Å². The van der Waals surface area contributed by atoms with Crippen molar-refractivity contribution >= 4 is 34.4 Å². The lowest BCUT2D eigenvalue weighted by Gasteiger charge is -2.14. The zero-order valence-corrected chi connectivity index (χ0v) is 17.4. The Morgan fingerprint density at radius 3 is 2.22 bits per heavy atom. The van der Waals surface area contributed by atoms with Crippen molar-refractivity contribution in [1.82, 2.24) is 9.97 Å². The fourth-order valence-electron chi connectivity index (χ4n) is 4.51. The van der Waals surface area contributed by atoms with E-state index in [-0.39, 0.29) is 5.78 Å². The van der Waals surface area contributed by atoms with Crippen molar-refractivity contribution in [1.29, 1.82) is 0 Å². The number of ketones is 1. The number of aliphatic carboxylic acids is 1. The van der Waals surface area contributed by atoms with Gasteiger partial charge in [-0.05, 0) is 48.2 Å². The summed E-state index contributed by atoms with van der Waals surface area (Å²) in [6.45, 7) is 0. The van der Waals surface area contributed by atoms with Gasteiger partial charge in [-0.1, -0.05) is 55.0 Å². The quantitative estimate of drug-likeness (QED) is 0.347. The van der Waals surface area contributed by atoms with Gasteiger partial charge < -0.3 is 15.4 Å². The highest BCUT2D eigenvalue weighted by molar-refractivity contribution is 6.00. The van der Waals surface area contributed by atoms with Crippen LogP contribution in [-0.4, -0.2) is 26.8 Å². The molecule has 0 unspecified atom stereocenters. The van der Waals surface area contributed by atoms with Gasteiger partial charge in [-0.3, -0.25) is 9.59 Å². The number of hydrogen-bond acceptors (Lipinski definition) is 4. The molecule has 6 nitrogen and oxygen atoms in total. The monoisotopic (exact) mass is 425 g/mol. The first kappa shape index (κ1) is 20.0. The molecule has 0 saturated heterocycles. The number of Topliss-reactive ketones (excluding diaryl/α,β-unsaturated/α-hetero) is 1. The molecule has 32 heavy (non-hydrogen) atoms. The summed E-state index contributed by atoms with van der Waals surface area (Å²) in [6.07, 6.45) is 2.02. The van der Waals surface area contributed by atoms with E-state index >= 15 is 0 Å². The number of benzene rings is 3. The van der Waals surface area contributed by atoms with Crippen LogP contribution in [0.15, 0.2) is 72.8 Å². The summed E-state index contributed by atoms with van der Waals surface area (Å²) in [5.41, 5.74) is 5.42. The van der Waals surface area contributed by atoms with Gasteiger partial charge in [0.25, 0.3) is 0 Å². The van der Waals surface area contributed by atoms with Crippen molar-refractivity contribution in [3.8, 4) is 11.1 Å². The van der Waals surface area contributed by atoms with Crippen LogP contribution in [0.25, 0.3) is 22.2 Å². The van der Waals surface area contributed by atoms with Gasteiger partial charge in [0, 0.05) is 17.2 Å². The third-order valence-corrected chi connectivity index (χ3v) is 6.21. The van der Waals surface area contributed by atoms with E-state index in [2.05, 4.69) is 15.3 Å².